The summed E-state index contributed by atoms with van der Waals surface area (Å²) in [7, 11) is 0. The van der Waals surface area contributed by atoms with Gasteiger partial charge in [-0.25, -0.2) is 0 Å². The van der Waals surface area contributed by atoms with Crippen LogP contribution in [0.15, 0.2) is 23.1 Å². The molecule has 0 unspecified atom stereocenters. The highest BCUT2D eigenvalue weighted by atomic mass is 32.2. The molecule has 3 heteroatoms. The Kier molecular flexibility index (Phi) is 3.54. The van der Waals surface area contributed by atoms with E-state index in [4.69, 9.17) is 10.5 Å². The molecule has 2 nitrogen and oxygen atoms in total. The van der Waals surface area contributed by atoms with E-state index in [2.05, 4.69) is 19.1 Å². The molecule has 1 aromatic carbocycles. The first-order valence-electron chi connectivity index (χ1n) is 5.35. The third-order valence-electron chi connectivity index (χ3n) is 2.54. The number of rotatable bonds is 2. The van der Waals surface area contributed by atoms with Crippen molar-refractivity contribution in [2.45, 2.75) is 29.9 Å². The van der Waals surface area contributed by atoms with Crippen molar-refractivity contribution in [2.75, 3.05) is 18.9 Å². The second-order valence-electron chi connectivity index (χ2n) is 4.01. The molecule has 0 bridgehead atoms. The van der Waals surface area contributed by atoms with Crippen molar-refractivity contribution in [1.29, 1.82) is 0 Å². The molecule has 1 aliphatic heterocycles. The Morgan fingerprint density at radius 3 is 2.67 bits per heavy atom. The van der Waals surface area contributed by atoms with Gasteiger partial charge in [-0.15, -0.1) is 11.8 Å². The molecule has 1 saturated heterocycles. The van der Waals surface area contributed by atoms with Crippen LogP contribution in [-0.2, 0) is 4.74 Å². The lowest BCUT2D eigenvalue weighted by atomic mass is 10.2. The van der Waals surface area contributed by atoms with E-state index in [-0.39, 0.29) is 0 Å². The van der Waals surface area contributed by atoms with E-state index < -0.39 is 0 Å². The number of nitrogens with two attached hydrogens (primary N) is 1. The SMILES string of the molecule is Cc1cc(N)cc(SC2CCOCC2)c1. The van der Waals surface area contributed by atoms with Gasteiger partial charge in [-0.05, 0) is 43.5 Å². The lowest BCUT2D eigenvalue weighted by Gasteiger charge is -2.21. The maximum Gasteiger partial charge on any atom is 0.0476 e. The van der Waals surface area contributed by atoms with Gasteiger partial charge in [0, 0.05) is 29.0 Å². The number of hydrogen-bond donors (Lipinski definition) is 1. The average Bonchev–Trinajstić information content (AvgIpc) is 2.17. The summed E-state index contributed by atoms with van der Waals surface area (Å²) in [6, 6.07) is 6.28. The van der Waals surface area contributed by atoms with Gasteiger partial charge in [0.15, 0.2) is 0 Å². The van der Waals surface area contributed by atoms with Crippen LogP contribution in [-0.4, -0.2) is 18.5 Å². The summed E-state index contributed by atoms with van der Waals surface area (Å²) in [6.07, 6.45) is 2.30. The minimum atomic E-state index is 0.694. The third-order valence-corrected chi connectivity index (χ3v) is 3.86. The molecule has 1 heterocycles. The van der Waals surface area contributed by atoms with Crippen molar-refractivity contribution in [3.05, 3.63) is 23.8 Å². The number of anilines is 1. The highest BCUT2D eigenvalue weighted by molar-refractivity contribution is 8.00. The second-order valence-corrected chi connectivity index (χ2v) is 5.38. The maximum absolute atomic E-state index is 5.83. The van der Waals surface area contributed by atoms with Gasteiger partial charge in [-0.3, -0.25) is 0 Å². The van der Waals surface area contributed by atoms with E-state index in [1.165, 1.54) is 10.5 Å². The zero-order valence-corrected chi connectivity index (χ0v) is 9.85. The Hall–Kier alpha value is -0.670. The van der Waals surface area contributed by atoms with Crippen molar-refractivity contribution in [3.63, 3.8) is 0 Å². The molecule has 2 N–H and O–H groups in total. The quantitative estimate of drug-likeness (QED) is 0.783. The van der Waals surface area contributed by atoms with Crippen LogP contribution in [0.3, 0.4) is 0 Å². The molecule has 15 heavy (non-hydrogen) atoms. The van der Waals surface area contributed by atoms with Gasteiger partial charge < -0.3 is 10.5 Å². The molecule has 82 valence electrons. The number of benzene rings is 1. The molecule has 0 aliphatic carbocycles. The zero-order chi connectivity index (χ0) is 10.7. The monoisotopic (exact) mass is 223 g/mol. The van der Waals surface area contributed by atoms with E-state index in [1.54, 1.807) is 0 Å². The normalized spacial score (nSPS) is 17.9. The molecule has 2 rings (SSSR count). The van der Waals surface area contributed by atoms with Crippen LogP contribution < -0.4 is 5.73 Å². The topological polar surface area (TPSA) is 35.2 Å². The molecular formula is C12H17NOS. The summed E-state index contributed by atoms with van der Waals surface area (Å²) in [5.74, 6) is 0. The van der Waals surface area contributed by atoms with Crippen molar-refractivity contribution >= 4 is 17.4 Å². The number of nitrogen functional groups attached to an aromatic ring is 1. The maximum atomic E-state index is 5.83. The Morgan fingerprint density at radius 1 is 1.27 bits per heavy atom. The van der Waals surface area contributed by atoms with Gasteiger partial charge in [0.2, 0.25) is 0 Å². The first-order chi connectivity index (χ1) is 7.24. The number of ether oxygens (including phenoxy) is 1. The van der Waals surface area contributed by atoms with Crippen LogP contribution in [0.2, 0.25) is 0 Å². The van der Waals surface area contributed by atoms with E-state index in [0.29, 0.717) is 5.25 Å². The van der Waals surface area contributed by atoms with Gasteiger partial charge in [0.25, 0.3) is 0 Å². The molecule has 0 aromatic heterocycles. The third kappa shape index (κ3) is 3.14. The van der Waals surface area contributed by atoms with Crippen molar-refractivity contribution in [3.8, 4) is 0 Å². The summed E-state index contributed by atoms with van der Waals surface area (Å²) < 4.78 is 5.35. The highest BCUT2D eigenvalue weighted by Crippen LogP contribution is 2.31. The van der Waals surface area contributed by atoms with Gasteiger partial charge in [-0.1, -0.05) is 0 Å². The minimum Gasteiger partial charge on any atom is -0.399 e. The lowest BCUT2D eigenvalue weighted by Crippen LogP contribution is -2.17. The van der Waals surface area contributed by atoms with E-state index in [1.807, 2.05) is 17.8 Å². The van der Waals surface area contributed by atoms with E-state index >= 15 is 0 Å². The second kappa shape index (κ2) is 4.90. The molecule has 0 amide bonds. The molecule has 0 radical (unpaired) electrons. The van der Waals surface area contributed by atoms with Crippen molar-refractivity contribution in [1.82, 2.24) is 0 Å². The molecule has 0 saturated carbocycles. The Balaban J connectivity index is 2.02. The fraction of sp³-hybridized carbons (Fsp3) is 0.500. The van der Waals surface area contributed by atoms with Crippen molar-refractivity contribution < 1.29 is 4.74 Å². The Labute approximate surface area is 95.2 Å². The summed E-state index contributed by atoms with van der Waals surface area (Å²) in [5, 5.41) is 0.694. The molecule has 1 aliphatic rings. The van der Waals surface area contributed by atoms with Crippen LogP contribution >= 0.6 is 11.8 Å². The first-order valence-corrected chi connectivity index (χ1v) is 6.23. The smallest absolute Gasteiger partial charge is 0.0476 e. The minimum absolute atomic E-state index is 0.694. The van der Waals surface area contributed by atoms with Crippen LogP contribution in [0.4, 0.5) is 5.69 Å². The van der Waals surface area contributed by atoms with E-state index in [9.17, 15) is 0 Å². The number of aryl methyl sites for hydroxylation is 1. The average molecular weight is 223 g/mol. The van der Waals surface area contributed by atoms with Gasteiger partial charge in [-0.2, -0.15) is 0 Å². The summed E-state index contributed by atoms with van der Waals surface area (Å²) in [6.45, 7) is 3.89. The Bertz CT molecular complexity index is 314. The fourth-order valence-electron chi connectivity index (χ4n) is 1.83. The summed E-state index contributed by atoms with van der Waals surface area (Å²) in [5.41, 5.74) is 7.93. The molecular weight excluding hydrogens is 206 g/mol. The van der Waals surface area contributed by atoms with Crippen LogP contribution in [0.5, 0.6) is 0 Å². The number of thioether (sulfide) groups is 1. The molecule has 0 spiro atoms. The predicted octanol–water partition coefficient (Wildman–Crippen LogP) is 2.85. The van der Waals surface area contributed by atoms with Crippen LogP contribution in [0.1, 0.15) is 18.4 Å². The van der Waals surface area contributed by atoms with Gasteiger partial charge >= 0.3 is 0 Å². The highest BCUT2D eigenvalue weighted by Gasteiger charge is 2.15. The van der Waals surface area contributed by atoms with Crippen LogP contribution in [0.25, 0.3) is 0 Å². The largest absolute Gasteiger partial charge is 0.399 e. The first kappa shape index (κ1) is 10.8. The lowest BCUT2D eigenvalue weighted by molar-refractivity contribution is 0.100. The predicted molar refractivity (Wildman–Crippen MR) is 65.3 cm³/mol. The summed E-state index contributed by atoms with van der Waals surface area (Å²) in [4.78, 5) is 1.29. The van der Waals surface area contributed by atoms with Crippen molar-refractivity contribution in [2.24, 2.45) is 0 Å². The van der Waals surface area contributed by atoms with Gasteiger partial charge in [0.05, 0.1) is 0 Å². The fourth-order valence-corrected chi connectivity index (χ4v) is 3.10. The van der Waals surface area contributed by atoms with E-state index in [0.717, 1.165) is 31.7 Å². The summed E-state index contributed by atoms with van der Waals surface area (Å²) >= 11 is 1.93. The number of hydrogen-bond acceptors (Lipinski definition) is 3. The Morgan fingerprint density at radius 2 is 2.00 bits per heavy atom. The zero-order valence-electron chi connectivity index (χ0n) is 9.03. The molecule has 0 atom stereocenters. The molecule has 1 fully saturated rings. The standard InChI is InChI=1S/C12H17NOS/c1-9-6-10(13)8-12(7-9)15-11-2-4-14-5-3-11/h6-8,11H,2-5,13H2,1H3. The van der Waals surface area contributed by atoms with Gasteiger partial charge in [0.1, 0.15) is 0 Å². The van der Waals surface area contributed by atoms with Crippen LogP contribution in [0, 0.1) is 6.92 Å². The molecule has 1 aromatic rings.